The van der Waals surface area contributed by atoms with Gasteiger partial charge in [0, 0.05) is 5.02 Å². The van der Waals surface area contributed by atoms with Crippen molar-refractivity contribution in [3.05, 3.63) is 50.7 Å². The number of hydrogen-bond acceptors (Lipinski definition) is 4. The molecule has 19 heavy (non-hydrogen) atoms. The number of hydrogen-bond donors (Lipinski definition) is 0. The highest BCUT2D eigenvalue weighted by Crippen LogP contribution is 2.24. The molecule has 0 saturated carbocycles. The van der Waals surface area contributed by atoms with E-state index in [9.17, 15) is 9.59 Å². The van der Waals surface area contributed by atoms with Crippen LogP contribution in [0, 0.1) is 6.92 Å². The number of ether oxygens (including phenoxy) is 1. The Kier molecular flexibility index (Phi) is 4.02. The highest BCUT2D eigenvalue weighted by atomic mass is 35.5. The molecule has 0 unspecified atom stereocenters. The first-order chi connectivity index (χ1) is 8.97. The molecule has 0 amide bonds. The van der Waals surface area contributed by atoms with Crippen LogP contribution in [0.5, 0.6) is 5.75 Å². The van der Waals surface area contributed by atoms with Crippen molar-refractivity contribution < 1.29 is 14.3 Å². The number of benzene rings is 1. The van der Waals surface area contributed by atoms with Gasteiger partial charge < -0.3 is 4.74 Å². The second-order valence-electron chi connectivity index (χ2n) is 4.02. The van der Waals surface area contributed by atoms with Gasteiger partial charge in [-0.3, -0.25) is 4.79 Å². The average Bonchev–Trinajstić information content (AvgIpc) is 2.82. The van der Waals surface area contributed by atoms with Gasteiger partial charge in [-0.25, -0.2) is 4.79 Å². The summed E-state index contributed by atoms with van der Waals surface area (Å²) in [5.74, 6) is -0.0678. The van der Waals surface area contributed by atoms with Crippen molar-refractivity contribution in [2.45, 2.75) is 13.8 Å². The third-order valence-corrected chi connectivity index (χ3v) is 3.90. The number of esters is 1. The molecule has 2 rings (SSSR count). The van der Waals surface area contributed by atoms with Crippen LogP contribution in [-0.2, 0) is 0 Å². The van der Waals surface area contributed by atoms with Crippen LogP contribution in [0.4, 0.5) is 0 Å². The molecule has 0 fully saturated rings. The van der Waals surface area contributed by atoms with Gasteiger partial charge >= 0.3 is 5.97 Å². The van der Waals surface area contributed by atoms with Gasteiger partial charge in [-0.2, -0.15) is 0 Å². The van der Waals surface area contributed by atoms with Crippen LogP contribution in [-0.4, -0.2) is 11.8 Å². The molecule has 1 aromatic heterocycles. The summed E-state index contributed by atoms with van der Waals surface area (Å²) >= 11 is 6.96. The Bertz CT molecular complexity index is 646. The summed E-state index contributed by atoms with van der Waals surface area (Å²) in [4.78, 5) is 24.0. The van der Waals surface area contributed by atoms with Gasteiger partial charge in [0.05, 0.1) is 4.88 Å². The van der Waals surface area contributed by atoms with Crippen LogP contribution < -0.4 is 4.74 Å². The maximum absolute atomic E-state index is 11.9. The van der Waals surface area contributed by atoms with Gasteiger partial charge in [0.2, 0.25) is 0 Å². The summed E-state index contributed by atoms with van der Waals surface area (Å²) < 4.78 is 5.28. The second-order valence-corrected chi connectivity index (χ2v) is 5.54. The minimum absolute atomic E-state index is 0.0632. The highest BCUT2D eigenvalue weighted by Gasteiger charge is 2.14. The predicted octanol–water partition coefficient (Wildman–Crippen LogP) is 4.13. The highest BCUT2D eigenvalue weighted by molar-refractivity contribution is 7.15. The maximum atomic E-state index is 11.9. The molecule has 0 saturated heterocycles. The molecule has 0 spiro atoms. The SMILES string of the molecule is CC(=O)c1ccc(C(=O)Oc2ccc(Cl)cc2C)s1. The Balaban J connectivity index is 2.18. The number of Topliss-reactive ketones (excluding diaryl/α,β-unsaturated/α-hetero) is 1. The minimum atomic E-state index is -0.470. The van der Waals surface area contributed by atoms with Gasteiger partial charge in [0.1, 0.15) is 10.6 Å². The molecule has 1 aromatic carbocycles. The lowest BCUT2D eigenvalue weighted by Crippen LogP contribution is -2.07. The molecule has 0 radical (unpaired) electrons. The molecule has 2 aromatic rings. The van der Waals surface area contributed by atoms with E-state index in [4.69, 9.17) is 16.3 Å². The summed E-state index contributed by atoms with van der Waals surface area (Å²) in [6.07, 6.45) is 0. The van der Waals surface area contributed by atoms with Gasteiger partial charge in [-0.05, 0) is 49.7 Å². The summed E-state index contributed by atoms with van der Waals surface area (Å²) in [6, 6.07) is 8.24. The minimum Gasteiger partial charge on any atom is -0.422 e. The normalized spacial score (nSPS) is 10.3. The lowest BCUT2D eigenvalue weighted by Gasteiger charge is -2.06. The molecule has 0 bridgehead atoms. The first kappa shape index (κ1) is 13.8. The number of ketones is 1. The largest absolute Gasteiger partial charge is 0.422 e. The third kappa shape index (κ3) is 3.22. The van der Waals surface area contributed by atoms with Gasteiger partial charge in [-0.15, -0.1) is 11.3 Å². The zero-order valence-electron chi connectivity index (χ0n) is 10.4. The van der Waals surface area contributed by atoms with Crippen molar-refractivity contribution in [1.82, 2.24) is 0 Å². The van der Waals surface area contributed by atoms with Crippen molar-refractivity contribution >= 4 is 34.7 Å². The van der Waals surface area contributed by atoms with E-state index in [1.54, 1.807) is 30.3 Å². The molecule has 5 heteroatoms. The van der Waals surface area contributed by atoms with E-state index in [1.165, 1.54) is 6.92 Å². The first-order valence-electron chi connectivity index (χ1n) is 5.56. The summed E-state index contributed by atoms with van der Waals surface area (Å²) in [5, 5.41) is 0.590. The Morgan fingerprint density at radius 3 is 2.42 bits per heavy atom. The number of carbonyl (C=O) groups is 2. The molecule has 3 nitrogen and oxygen atoms in total. The topological polar surface area (TPSA) is 43.4 Å². The van der Waals surface area contributed by atoms with Crippen LogP contribution in [0.3, 0.4) is 0 Å². The lowest BCUT2D eigenvalue weighted by molar-refractivity contribution is 0.0738. The Hall–Kier alpha value is -1.65. The van der Waals surface area contributed by atoms with Crippen LogP contribution in [0.2, 0.25) is 5.02 Å². The number of halogens is 1. The summed E-state index contributed by atoms with van der Waals surface area (Å²) in [5.41, 5.74) is 0.782. The Morgan fingerprint density at radius 2 is 1.84 bits per heavy atom. The number of aryl methyl sites for hydroxylation is 1. The molecule has 0 atom stereocenters. The summed E-state index contributed by atoms with van der Waals surface area (Å²) in [7, 11) is 0. The lowest BCUT2D eigenvalue weighted by atomic mass is 10.2. The van der Waals surface area contributed by atoms with E-state index in [0.717, 1.165) is 16.9 Å². The molecule has 0 aliphatic heterocycles. The van der Waals surface area contributed by atoms with Crippen molar-refractivity contribution in [3.8, 4) is 5.75 Å². The standard InChI is InChI=1S/C14H11ClO3S/c1-8-7-10(15)3-4-11(8)18-14(17)13-6-5-12(19-13)9(2)16/h3-7H,1-2H3. The molecule has 98 valence electrons. The van der Waals surface area contributed by atoms with Gasteiger partial charge in [0.25, 0.3) is 0 Å². The van der Waals surface area contributed by atoms with Gasteiger partial charge in [-0.1, -0.05) is 11.6 Å². The van der Waals surface area contributed by atoms with E-state index < -0.39 is 5.97 Å². The first-order valence-corrected chi connectivity index (χ1v) is 6.76. The van der Waals surface area contributed by atoms with Crippen molar-refractivity contribution in [2.75, 3.05) is 0 Å². The molecular formula is C14H11ClO3S. The zero-order valence-corrected chi connectivity index (χ0v) is 12.0. The molecule has 0 aliphatic carbocycles. The van der Waals surface area contributed by atoms with E-state index in [0.29, 0.717) is 20.5 Å². The number of thiophene rings is 1. The van der Waals surface area contributed by atoms with Crippen LogP contribution in [0.1, 0.15) is 31.8 Å². The molecule has 1 heterocycles. The molecular weight excluding hydrogens is 284 g/mol. The fourth-order valence-corrected chi connectivity index (χ4v) is 2.52. The van der Waals surface area contributed by atoms with Crippen LogP contribution in [0.15, 0.2) is 30.3 Å². The quantitative estimate of drug-likeness (QED) is 0.485. The Morgan fingerprint density at radius 1 is 1.16 bits per heavy atom. The second kappa shape index (κ2) is 5.55. The van der Waals surface area contributed by atoms with Gasteiger partial charge in [0.15, 0.2) is 5.78 Å². The van der Waals surface area contributed by atoms with E-state index in [-0.39, 0.29) is 5.78 Å². The Labute approximate surface area is 119 Å². The predicted molar refractivity (Wildman–Crippen MR) is 75.5 cm³/mol. The van der Waals surface area contributed by atoms with Crippen molar-refractivity contribution in [3.63, 3.8) is 0 Å². The maximum Gasteiger partial charge on any atom is 0.353 e. The van der Waals surface area contributed by atoms with Crippen LogP contribution >= 0.6 is 22.9 Å². The number of rotatable bonds is 3. The van der Waals surface area contributed by atoms with E-state index in [1.807, 2.05) is 6.92 Å². The van der Waals surface area contributed by atoms with Crippen LogP contribution in [0.25, 0.3) is 0 Å². The molecule has 0 N–H and O–H groups in total. The fourth-order valence-electron chi connectivity index (χ4n) is 1.51. The number of carbonyl (C=O) groups excluding carboxylic acids is 2. The smallest absolute Gasteiger partial charge is 0.353 e. The summed E-state index contributed by atoms with van der Waals surface area (Å²) in [6.45, 7) is 3.27. The molecule has 0 aliphatic rings. The zero-order chi connectivity index (χ0) is 14.0. The monoisotopic (exact) mass is 294 g/mol. The fraction of sp³-hybridized carbons (Fsp3) is 0.143. The average molecular weight is 295 g/mol. The van der Waals surface area contributed by atoms with Crippen molar-refractivity contribution in [2.24, 2.45) is 0 Å². The van der Waals surface area contributed by atoms with E-state index >= 15 is 0 Å². The van der Waals surface area contributed by atoms with Crippen molar-refractivity contribution in [1.29, 1.82) is 0 Å². The third-order valence-electron chi connectivity index (χ3n) is 2.49. The van der Waals surface area contributed by atoms with E-state index in [2.05, 4.69) is 0 Å².